The number of aliphatic hydroxyl groups is 1. The van der Waals surface area contributed by atoms with E-state index in [-0.39, 0.29) is 0 Å². The Morgan fingerprint density at radius 1 is 1.28 bits per heavy atom. The molecule has 3 heteroatoms. The SMILES string of the molecule is COc1ccc(COC[C@H](O)CC=C(C)C)cc1. The highest BCUT2D eigenvalue weighted by Gasteiger charge is 2.02. The van der Waals surface area contributed by atoms with E-state index in [1.165, 1.54) is 5.57 Å². The molecule has 0 heterocycles. The maximum absolute atomic E-state index is 9.67. The molecule has 0 radical (unpaired) electrons. The zero-order valence-corrected chi connectivity index (χ0v) is 11.3. The largest absolute Gasteiger partial charge is 0.497 e. The second-order valence-corrected chi connectivity index (χ2v) is 4.53. The van der Waals surface area contributed by atoms with E-state index >= 15 is 0 Å². The molecule has 0 aliphatic heterocycles. The third-order valence-corrected chi connectivity index (χ3v) is 2.54. The lowest BCUT2D eigenvalue weighted by Crippen LogP contribution is -2.14. The third kappa shape index (κ3) is 5.84. The van der Waals surface area contributed by atoms with Crippen molar-refractivity contribution in [2.24, 2.45) is 0 Å². The number of methoxy groups -OCH3 is 1. The van der Waals surface area contributed by atoms with Crippen molar-refractivity contribution in [2.75, 3.05) is 13.7 Å². The number of allylic oxidation sites excluding steroid dienone is 1. The minimum Gasteiger partial charge on any atom is -0.497 e. The summed E-state index contributed by atoms with van der Waals surface area (Å²) in [6, 6.07) is 7.72. The van der Waals surface area contributed by atoms with Gasteiger partial charge in [0.1, 0.15) is 5.75 Å². The van der Waals surface area contributed by atoms with Gasteiger partial charge in [0, 0.05) is 0 Å². The van der Waals surface area contributed by atoms with E-state index in [0.29, 0.717) is 19.6 Å². The number of benzene rings is 1. The van der Waals surface area contributed by atoms with Crippen LogP contribution in [0.3, 0.4) is 0 Å². The number of hydrogen-bond acceptors (Lipinski definition) is 3. The van der Waals surface area contributed by atoms with Gasteiger partial charge in [0.15, 0.2) is 0 Å². The lowest BCUT2D eigenvalue weighted by Gasteiger charge is -2.10. The van der Waals surface area contributed by atoms with Gasteiger partial charge >= 0.3 is 0 Å². The summed E-state index contributed by atoms with van der Waals surface area (Å²) >= 11 is 0. The molecule has 0 saturated heterocycles. The van der Waals surface area contributed by atoms with Crippen molar-refractivity contribution in [2.45, 2.75) is 33.0 Å². The Balaban J connectivity index is 2.26. The molecular weight excluding hydrogens is 228 g/mol. The van der Waals surface area contributed by atoms with Crippen molar-refractivity contribution in [3.05, 3.63) is 41.5 Å². The smallest absolute Gasteiger partial charge is 0.118 e. The van der Waals surface area contributed by atoms with Crippen molar-refractivity contribution in [1.82, 2.24) is 0 Å². The molecule has 0 aliphatic rings. The van der Waals surface area contributed by atoms with Gasteiger partial charge in [-0.15, -0.1) is 0 Å². The van der Waals surface area contributed by atoms with E-state index < -0.39 is 6.10 Å². The van der Waals surface area contributed by atoms with E-state index in [1.807, 2.05) is 44.2 Å². The molecule has 0 unspecified atom stereocenters. The lowest BCUT2D eigenvalue weighted by molar-refractivity contribution is 0.0300. The van der Waals surface area contributed by atoms with Gasteiger partial charge in [0.05, 0.1) is 26.4 Å². The van der Waals surface area contributed by atoms with E-state index in [4.69, 9.17) is 9.47 Å². The average Bonchev–Trinajstić information content (AvgIpc) is 2.37. The first-order valence-corrected chi connectivity index (χ1v) is 6.14. The Morgan fingerprint density at radius 2 is 1.94 bits per heavy atom. The first-order chi connectivity index (χ1) is 8.61. The van der Waals surface area contributed by atoms with E-state index in [9.17, 15) is 5.11 Å². The number of rotatable bonds is 7. The molecule has 0 amide bonds. The van der Waals surface area contributed by atoms with Crippen LogP contribution in [0.4, 0.5) is 0 Å². The maximum atomic E-state index is 9.67. The molecular formula is C15H22O3. The van der Waals surface area contributed by atoms with Crippen LogP contribution in [0.25, 0.3) is 0 Å². The highest BCUT2D eigenvalue weighted by Crippen LogP contribution is 2.12. The molecule has 0 fully saturated rings. The molecule has 1 N–H and O–H groups in total. The summed E-state index contributed by atoms with van der Waals surface area (Å²) in [5.41, 5.74) is 2.29. The normalized spacial score (nSPS) is 12.0. The van der Waals surface area contributed by atoms with Gasteiger partial charge < -0.3 is 14.6 Å². The monoisotopic (exact) mass is 250 g/mol. The van der Waals surface area contributed by atoms with Crippen LogP contribution in [0.15, 0.2) is 35.9 Å². The van der Waals surface area contributed by atoms with Crippen LogP contribution in [-0.4, -0.2) is 24.9 Å². The van der Waals surface area contributed by atoms with Crippen molar-refractivity contribution in [1.29, 1.82) is 0 Å². The van der Waals surface area contributed by atoms with Crippen LogP contribution in [0.5, 0.6) is 5.75 Å². The van der Waals surface area contributed by atoms with Crippen LogP contribution < -0.4 is 4.74 Å². The molecule has 0 saturated carbocycles. The summed E-state index contributed by atoms with van der Waals surface area (Å²) in [5.74, 6) is 0.836. The zero-order valence-electron chi connectivity index (χ0n) is 11.3. The summed E-state index contributed by atoms with van der Waals surface area (Å²) in [5, 5.41) is 9.67. The van der Waals surface area contributed by atoms with Crippen molar-refractivity contribution >= 4 is 0 Å². The summed E-state index contributed by atoms with van der Waals surface area (Å²) < 4.78 is 10.5. The standard InChI is InChI=1S/C15H22O3/c1-12(2)4-7-14(16)11-18-10-13-5-8-15(17-3)9-6-13/h4-6,8-9,14,16H,7,10-11H2,1-3H3/t14-/m1/s1. The second kappa shape index (κ2) is 7.90. The molecule has 100 valence electrons. The molecule has 1 rings (SSSR count). The van der Waals surface area contributed by atoms with E-state index in [1.54, 1.807) is 7.11 Å². The fourth-order valence-corrected chi connectivity index (χ4v) is 1.47. The second-order valence-electron chi connectivity index (χ2n) is 4.53. The summed E-state index contributed by atoms with van der Waals surface area (Å²) in [7, 11) is 1.64. The fourth-order valence-electron chi connectivity index (χ4n) is 1.47. The molecule has 18 heavy (non-hydrogen) atoms. The van der Waals surface area contributed by atoms with Crippen LogP contribution in [0.2, 0.25) is 0 Å². The lowest BCUT2D eigenvalue weighted by atomic mass is 10.2. The third-order valence-electron chi connectivity index (χ3n) is 2.54. The van der Waals surface area contributed by atoms with Crippen LogP contribution >= 0.6 is 0 Å². The molecule has 0 bridgehead atoms. The Bertz CT molecular complexity index is 364. The quantitative estimate of drug-likeness (QED) is 0.756. The summed E-state index contributed by atoms with van der Waals surface area (Å²) in [6.07, 6.45) is 2.23. The zero-order chi connectivity index (χ0) is 13.4. The molecule has 3 nitrogen and oxygen atoms in total. The molecule has 1 aromatic carbocycles. The number of ether oxygens (including phenoxy) is 2. The average molecular weight is 250 g/mol. The minimum atomic E-state index is -0.432. The minimum absolute atomic E-state index is 0.357. The van der Waals surface area contributed by atoms with Gasteiger partial charge in [-0.3, -0.25) is 0 Å². The fraction of sp³-hybridized carbons (Fsp3) is 0.467. The Morgan fingerprint density at radius 3 is 2.50 bits per heavy atom. The van der Waals surface area contributed by atoms with Crippen LogP contribution in [0.1, 0.15) is 25.8 Å². The predicted octanol–water partition coefficient (Wildman–Crippen LogP) is 2.93. The molecule has 0 spiro atoms. The van der Waals surface area contributed by atoms with E-state index in [0.717, 1.165) is 11.3 Å². The summed E-state index contributed by atoms with van der Waals surface area (Å²) in [6.45, 7) is 4.90. The Kier molecular flexibility index (Phi) is 6.47. The van der Waals surface area contributed by atoms with Gasteiger partial charge in [-0.2, -0.15) is 0 Å². The van der Waals surface area contributed by atoms with Gasteiger partial charge in [-0.25, -0.2) is 0 Å². The summed E-state index contributed by atoms with van der Waals surface area (Å²) in [4.78, 5) is 0. The predicted molar refractivity (Wildman–Crippen MR) is 72.7 cm³/mol. The van der Waals surface area contributed by atoms with E-state index in [2.05, 4.69) is 0 Å². The van der Waals surface area contributed by atoms with Crippen molar-refractivity contribution in [3.8, 4) is 5.75 Å². The van der Waals surface area contributed by atoms with Gasteiger partial charge in [0.25, 0.3) is 0 Å². The van der Waals surface area contributed by atoms with Crippen molar-refractivity contribution < 1.29 is 14.6 Å². The van der Waals surface area contributed by atoms with Crippen LogP contribution in [0, 0.1) is 0 Å². The molecule has 1 atom stereocenters. The first-order valence-electron chi connectivity index (χ1n) is 6.14. The van der Waals surface area contributed by atoms with Crippen LogP contribution in [-0.2, 0) is 11.3 Å². The highest BCUT2D eigenvalue weighted by molar-refractivity contribution is 5.26. The number of hydrogen-bond donors (Lipinski definition) is 1. The number of aliphatic hydroxyl groups excluding tert-OH is 1. The Hall–Kier alpha value is -1.32. The Labute approximate surface area is 109 Å². The van der Waals surface area contributed by atoms with Crippen molar-refractivity contribution in [3.63, 3.8) is 0 Å². The topological polar surface area (TPSA) is 38.7 Å². The van der Waals surface area contributed by atoms with Gasteiger partial charge in [0.2, 0.25) is 0 Å². The maximum Gasteiger partial charge on any atom is 0.118 e. The molecule has 0 aliphatic carbocycles. The van der Waals surface area contributed by atoms with Gasteiger partial charge in [-0.05, 0) is 38.0 Å². The highest BCUT2D eigenvalue weighted by atomic mass is 16.5. The molecule has 1 aromatic rings. The molecule has 0 aromatic heterocycles. The van der Waals surface area contributed by atoms with Gasteiger partial charge in [-0.1, -0.05) is 23.8 Å². The first kappa shape index (κ1) is 14.7.